The average molecular weight is 325 g/mol. The minimum atomic E-state index is 0.207. The number of unbranched alkanes of at least 4 members (excludes halogenated alkanes) is 4. The van der Waals surface area contributed by atoms with Crippen molar-refractivity contribution in [3.05, 3.63) is 65.7 Å². The van der Waals surface area contributed by atoms with Gasteiger partial charge in [-0.25, -0.2) is 0 Å². The summed E-state index contributed by atoms with van der Waals surface area (Å²) in [5.74, 6) is 0.968. The van der Waals surface area contributed by atoms with Gasteiger partial charge >= 0.3 is 0 Å². The van der Waals surface area contributed by atoms with Crippen molar-refractivity contribution in [1.29, 1.82) is 0 Å². The molecule has 0 unspecified atom stereocenters. The van der Waals surface area contributed by atoms with Gasteiger partial charge in [-0.15, -0.1) is 0 Å². The Kier molecular flexibility index (Phi) is 7.36. The van der Waals surface area contributed by atoms with Crippen LogP contribution in [0.2, 0.25) is 0 Å². The van der Waals surface area contributed by atoms with Crippen LogP contribution in [-0.4, -0.2) is 0 Å². The Morgan fingerprint density at radius 2 is 1.58 bits per heavy atom. The monoisotopic (exact) mass is 324 g/mol. The Balaban J connectivity index is 1.90. The lowest BCUT2D eigenvalue weighted by atomic mass is 9.80. The average Bonchev–Trinajstić information content (AvgIpc) is 2.61. The maximum absolute atomic E-state index is 5.99. The molecule has 0 radical (unpaired) electrons. The minimum Gasteiger partial charge on any atom is -0.489 e. The van der Waals surface area contributed by atoms with Crippen LogP contribution in [0.4, 0.5) is 0 Å². The summed E-state index contributed by atoms with van der Waals surface area (Å²) in [4.78, 5) is 0. The van der Waals surface area contributed by atoms with Crippen LogP contribution in [0.15, 0.2) is 54.6 Å². The normalized spacial score (nSPS) is 11.5. The Morgan fingerprint density at radius 3 is 2.33 bits per heavy atom. The summed E-state index contributed by atoms with van der Waals surface area (Å²) in [7, 11) is 0. The van der Waals surface area contributed by atoms with Gasteiger partial charge in [-0.2, -0.15) is 0 Å². The molecule has 2 aromatic carbocycles. The van der Waals surface area contributed by atoms with E-state index in [9.17, 15) is 0 Å². The molecule has 0 aliphatic heterocycles. The quantitative estimate of drug-likeness (QED) is 0.432. The molecule has 2 aromatic rings. The summed E-state index contributed by atoms with van der Waals surface area (Å²) in [5.41, 5.74) is 2.79. The van der Waals surface area contributed by atoms with Gasteiger partial charge in [0.1, 0.15) is 12.4 Å². The molecular formula is C23H32O. The molecule has 0 aliphatic carbocycles. The van der Waals surface area contributed by atoms with Gasteiger partial charge in [0, 0.05) is 0 Å². The van der Waals surface area contributed by atoms with Crippen molar-refractivity contribution < 1.29 is 4.74 Å². The number of ether oxygens (including phenoxy) is 1. The number of rotatable bonds is 10. The van der Waals surface area contributed by atoms with Gasteiger partial charge in [0.2, 0.25) is 0 Å². The van der Waals surface area contributed by atoms with Crippen molar-refractivity contribution in [2.24, 2.45) is 0 Å². The van der Waals surface area contributed by atoms with Gasteiger partial charge in [0.25, 0.3) is 0 Å². The van der Waals surface area contributed by atoms with Gasteiger partial charge in [-0.3, -0.25) is 0 Å². The molecule has 0 N–H and O–H groups in total. The summed E-state index contributed by atoms with van der Waals surface area (Å²) in [6, 6.07) is 19.0. The van der Waals surface area contributed by atoms with Crippen LogP contribution in [0.3, 0.4) is 0 Å². The van der Waals surface area contributed by atoms with Crippen LogP contribution < -0.4 is 4.74 Å². The van der Waals surface area contributed by atoms with E-state index in [0.29, 0.717) is 6.61 Å². The summed E-state index contributed by atoms with van der Waals surface area (Å²) < 4.78 is 5.99. The fourth-order valence-corrected chi connectivity index (χ4v) is 3.06. The van der Waals surface area contributed by atoms with Crippen molar-refractivity contribution in [3.63, 3.8) is 0 Å². The standard InChI is InChI=1S/C23H32O/c1-4-5-6-7-11-17-23(2,3)21-15-12-16-22(18-21)24-19-20-13-9-8-10-14-20/h8-10,12-16,18H,4-7,11,17,19H2,1-3H3. The highest BCUT2D eigenvalue weighted by atomic mass is 16.5. The van der Waals surface area contributed by atoms with E-state index in [4.69, 9.17) is 4.74 Å². The largest absolute Gasteiger partial charge is 0.489 e. The Bertz CT molecular complexity index is 586. The second-order valence-electron chi connectivity index (χ2n) is 7.35. The highest BCUT2D eigenvalue weighted by molar-refractivity contribution is 5.33. The Hall–Kier alpha value is -1.76. The molecule has 0 spiro atoms. The van der Waals surface area contributed by atoms with E-state index in [1.165, 1.54) is 49.7 Å². The molecule has 0 amide bonds. The first-order chi connectivity index (χ1) is 11.6. The SMILES string of the molecule is CCCCCCCC(C)(C)c1cccc(OCc2ccccc2)c1. The molecule has 0 aromatic heterocycles. The highest BCUT2D eigenvalue weighted by Crippen LogP contribution is 2.31. The zero-order chi connectivity index (χ0) is 17.3. The van der Waals surface area contributed by atoms with Gasteiger partial charge in [-0.05, 0) is 35.1 Å². The lowest BCUT2D eigenvalue weighted by molar-refractivity contribution is 0.305. The van der Waals surface area contributed by atoms with Crippen molar-refractivity contribution in [1.82, 2.24) is 0 Å². The fraction of sp³-hybridized carbons (Fsp3) is 0.478. The number of hydrogen-bond donors (Lipinski definition) is 0. The molecule has 0 saturated carbocycles. The molecule has 0 saturated heterocycles. The minimum absolute atomic E-state index is 0.207. The zero-order valence-corrected chi connectivity index (χ0v) is 15.6. The maximum Gasteiger partial charge on any atom is 0.120 e. The summed E-state index contributed by atoms with van der Waals surface area (Å²) in [6.45, 7) is 7.60. The second kappa shape index (κ2) is 9.52. The molecule has 0 fully saturated rings. The maximum atomic E-state index is 5.99. The van der Waals surface area contributed by atoms with Crippen LogP contribution >= 0.6 is 0 Å². The predicted octanol–water partition coefficient (Wildman–Crippen LogP) is 6.90. The van der Waals surface area contributed by atoms with E-state index in [2.05, 4.69) is 69.3 Å². The number of hydrogen-bond acceptors (Lipinski definition) is 1. The molecule has 130 valence electrons. The topological polar surface area (TPSA) is 9.23 Å². The van der Waals surface area contributed by atoms with Gasteiger partial charge < -0.3 is 4.74 Å². The first-order valence-corrected chi connectivity index (χ1v) is 9.39. The van der Waals surface area contributed by atoms with Crippen LogP contribution in [-0.2, 0) is 12.0 Å². The van der Waals surface area contributed by atoms with Crippen LogP contribution in [0.25, 0.3) is 0 Å². The summed E-state index contributed by atoms with van der Waals surface area (Å²) >= 11 is 0. The molecule has 24 heavy (non-hydrogen) atoms. The molecule has 1 nitrogen and oxygen atoms in total. The Morgan fingerprint density at radius 1 is 0.833 bits per heavy atom. The van der Waals surface area contributed by atoms with Crippen LogP contribution in [0, 0.1) is 0 Å². The van der Waals surface area contributed by atoms with Crippen LogP contribution in [0.1, 0.15) is 70.4 Å². The van der Waals surface area contributed by atoms with Gasteiger partial charge in [-0.1, -0.05) is 95.3 Å². The molecule has 0 atom stereocenters. The molecule has 0 aliphatic rings. The third kappa shape index (κ3) is 6.03. The molecule has 1 heteroatoms. The third-order valence-corrected chi connectivity index (χ3v) is 4.77. The first kappa shape index (κ1) is 18.6. The van der Waals surface area contributed by atoms with Crippen LogP contribution in [0.5, 0.6) is 5.75 Å². The van der Waals surface area contributed by atoms with E-state index in [-0.39, 0.29) is 5.41 Å². The van der Waals surface area contributed by atoms with Crippen molar-refractivity contribution in [2.75, 3.05) is 0 Å². The first-order valence-electron chi connectivity index (χ1n) is 9.39. The van der Waals surface area contributed by atoms with E-state index in [1.807, 2.05) is 6.07 Å². The van der Waals surface area contributed by atoms with E-state index < -0.39 is 0 Å². The van der Waals surface area contributed by atoms with E-state index in [1.54, 1.807) is 0 Å². The fourth-order valence-electron chi connectivity index (χ4n) is 3.06. The highest BCUT2D eigenvalue weighted by Gasteiger charge is 2.20. The van der Waals surface area contributed by atoms with Gasteiger partial charge in [0.05, 0.1) is 0 Å². The summed E-state index contributed by atoms with van der Waals surface area (Å²) in [5, 5.41) is 0. The van der Waals surface area contributed by atoms with Crippen molar-refractivity contribution in [3.8, 4) is 5.75 Å². The van der Waals surface area contributed by atoms with E-state index in [0.717, 1.165) is 5.75 Å². The smallest absolute Gasteiger partial charge is 0.120 e. The molecular weight excluding hydrogens is 292 g/mol. The summed E-state index contributed by atoms with van der Waals surface area (Å²) in [6.07, 6.45) is 7.93. The predicted molar refractivity (Wildman–Crippen MR) is 104 cm³/mol. The van der Waals surface area contributed by atoms with Crippen molar-refractivity contribution in [2.45, 2.75) is 71.3 Å². The van der Waals surface area contributed by atoms with E-state index >= 15 is 0 Å². The number of benzene rings is 2. The molecule has 0 heterocycles. The van der Waals surface area contributed by atoms with Gasteiger partial charge in [0.15, 0.2) is 0 Å². The lowest BCUT2D eigenvalue weighted by Gasteiger charge is -2.26. The zero-order valence-electron chi connectivity index (χ0n) is 15.6. The third-order valence-electron chi connectivity index (χ3n) is 4.77. The van der Waals surface area contributed by atoms with Crippen molar-refractivity contribution >= 4 is 0 Å². The molecule has 2 rings (SSSR count). The molecule has 0 bridgehead atoms. The Labute approximate surface area is 148 Å². The second-order valence-corrected chi connectivity index (χ2v) is 7.35. The lowest BCUT2D eigenvalue weighted by Crippen LogP contribution is -2.17.